The van der Waals surface area contributed by atoms with E-state index in [1.165, 1.54) is 4.31 Å². The lowest BCUT2D eigenvalue weighted by atomic mass is 10.0. The first-order valence-electron chi connectivity index (χ1n) is 14.0. The molecule has 1 amide bonds. The molecule has 2 aliphatic heterocycles. The van der Waals surface area contributed by atoms with Gasteiger partial charge in [-0.25, -0.2) is 8.42 Å². The lowest BCUT2D eigenvalue weighted by Crippen LogP contribution is -2.40. The van der Waals surface area contributed by atoms with Crippen molar-refractivity contribution >= 4 is 33.3 Å². The van der Waals surface area contributed by atoms with E-state index >= 15 is 0 Å². The van der Waals surface area contributed by atoms with E-state index < -0.39 is 10.0 Å². The molecule has 0 atom stereocenters. The summed E-state index contributed by atoms with van der Waals surface area (Å²) in [6, 6.07) is 22.1. The van der Waals surface area contributed by atoms with E-state index in [-0.39, 0.29) is 10.8 Å². The highest BCUT2D eigenvalue weighted by Crippen LogP contribution is 2.39. The van der Waals surface area contributed by atoms with Crippen LogP contribution in [-0.2, 0) is 19.6 Å². The zero-order valence-electron chi connectivity index (χ0n) is 24.5. The summed E-state index contributed by atoms with van der Waals surface area (Å²) in [4.78, 5) is 15.1. The number of likely N-dealkylation sites (N-methyl/N-ethyl adjacent to an activating group) is 1. The predicted molar refractivity (Wildman–Crippen MR) is 166 cm³/mol. The first kappa shape index (κ1) is 28.7. The first-order chi connectivity index (χ1) is 20.7. The van der Waals surface area contributed by atoms with Crippen molar-refractivity contribution in [3.05, 3.63) is 95.3 Å². The molecule has 9 nitrogen and oxygen atoms in total. The third kappa shape index (κ3) is 5.33. The van der Waals surface area contributed by atoms with Crippen LogP contribution in [0.3, 0.4) is 0 Å². The number of hydrogen-bond acceptors (Lipinski definition) is 6. The van der Waals surface area contributed by atoms with Gasteiger partial charge in [0, 0.05) is 48.3 Å². The maximum absolute atomic E-state index is 13.4. The second-order valence-corrected chi connectivity index (χ2v) is 12.5. The molecule has 3 aromatic carbocycles. The van der Waals surface area contributed by atoms with E-state index in [9.17, 15) is 13.2 Å². The molecule has 1 saturated heterocycles. The van der Waals surface area contributed by atoms with E-state index in [4.69, 9.17) is 14.2 Å². The molecule has 1 aromatic heterocycles. The SMILES string of the molecule is COc1ccc(Oc2ccc(-n3c(C)cc(C=C4C(=O)N(C)c5ccc(S(=O)(=O)N6CCOCC6)cc54)c3C)cc2)cc1. The number of sulfonamides is 1. The van der Waals surface area contributed by atoms with Crippen molar-refractivity contribution in [3.8, 4) is 22.9 Å². The Morgan fingerprint density at radius 1 is 0.860 bits per heavy atom. The molecule has 1 fully saturated rings. The molecule has 0 radical (unpaired) electrons. The summed E-state index contributed by atoms with van der Waals surface area (Å²) >= 11 is 0. The Morgan fingerprint density at radius 2 is 1.49 bits per heavy atom. The highest BCUT2D eigenvalue weighted by molar-refractivity contribution is 7.89. The van der Waals surface area contributed by atoms with Gasteiger partial charge >= 0.3 is 0 Å². The summed E-state index contributed by atoms with van der Waals surface area (Å²) in [5, 5.41) is 0. The van der Waals surface area contributed by atoms with Crippen LogP contribution in [0.15, 0.2) is 77.7 Å². The van der Waals surface area contributed by atoms with Gasteiger partial charge in [0.2, 0.25) is 10.0 Å². The van der Waals surface area contributed by atoms with Crippen molar-refractivity contribution in [2.24, 2.45) is 0 Å². The molecule has 222 valence electrons. The average molecular weight is 600 g/mol. The normalized spacial score (nSPS) is 16.5. The van der Waals surface area contributed by atoms with Gasteiger partial charge in [-0.2, -0.15) is 4.31 Å². The number of aryl methyl sites for hydroxylation is 1. The van der Waals surface area contributed by atoms with Crippen LogP contribution in [0, 0.1) is 13.8 Å². The largest absolute Gasteiger partial charge is 0.497 e. The number of ether oxygens (including phenoxy) is 3. The first-order valence-corrected chi connectivity index (χ1v) is 15.4. The third-order valence-corrected chi connectivity index (χ3v) is 9.82. The van der Waals surface area contributed by atoms with E-state index in [2.05, 4.69) is 4.57 Å². The van der Waals surface area contributed by atoms with Gasteiger partial charge in [0.15, 0.2) is 0 Å². The molecule has 0 bridgehead atoms. The number of carbonyl (C=O) groups is 1. The van der Waals surface area contributed by atoms with Gasteiger partial charge in [0.05, 0.1) is 30.9 Å². The molecule has 0 aliphatic carbocycles. The van der Waals surface area contributed by atoms with Crippen LogP contribution in [-0.4, -0.2) is 63.7 Å². The Labute approximate surface area is 251 Å². The summed E-state index contributed by atoms with van der Waals surface area (Å²) < 4.78 is 46.8. The Bertz CT molecular complexity index is 1820. The summed E-state index contributed by atoms with van der Waals surface area (Å²) in [6.45, 7) is 5.36. The van der Waals surface area contributed by atoms with Gasteiger partial charge in [-0.15, -0.1) is 0 Å². The van der Waals surface area contributed by atoms with Crippen LogP contribution in [0.25, 0.3) is 17.3 Å². The number of methoxy groups -OCH3 is 1. The number of nitrogens with zero attached hydrogens (tertiary/aromatic N) is 3. The molecule has 2 aliphatic rings. The molecule has 0 N–H and O–H groups in total. The van der Waals surface area contributed by atoms with Crippen LogP contribution < -0.4 is 14.4 Å². The van der Waals surface area contributed by atoms with Crippen LogP contribution in [0.2, 0.25) is 0 Å². The number of amides is 1. The number of anilines is 1. The number of morpholine rings is 1. The van der Waals surface area contributed by atoms with E-state index in [1.807, 2.05) is 74.5 Å². The predicted octanol–water partition coefficient (Wildman–Crippen LogP) is 5.43. The fourth-order valence-electron chi connectivity index (χ4n) is 5.59. The molecule has 6 rings (SSSR count). The number of aromatic nitrogens is 1. The van der Waals surface area contributed by atoms with Gasteiger partial charge < -0.3 is 23.7 Å². The van der Waals surface area contributed by atoms with Crippen molar-refractivity contribution in [2.75, 3.05) is 45.4 Å². The molecule has 3 heterocycles. The zero-order chi connectivity index (χ0) is 30.3. The summed E-state index contributed by atoms with van der Waals surface area (Å²) in [5.74, 6) is 2.00. The molecule has 10 heteroatoms. The second-order valence-electron chi connectivity index (χ2n) is 10.6. The third-order valence-electron chi connectivity index (χ3n) is 7.92. The van der Waals surface area contributed by atoms with Gasteiger partial charge in [0.1, 0.15) is 17.2 Å². The lowest BCUT2D eigenvalue weighted by molar-refractivity contribution is -0.112. The molecule has 4 aromatic rings. The van der Waals surface area contributed by atoms with Crippen molar-refractivity contribution in [1.82, 2.24) is 8.87 Å². The van der Waals surface area contributed by atoms with Crippen LogP contribution in [0.4, 0.5) is 5.69 Å². The quantitative estimate of drug-likeness (QED) is 0.263. The average Bonchev–Trinajstić information content (AvgIpc) is 3.44. The second kappa shape index (κ2) is 11.4. The Kier molecular flexibility index (Phi) is 7.59. The fraction of sp³-hybridized carbons (Fsp3) is 0.242. The van der Waals surface area contributed by atoms with Gasteiger partial charge in [-0.1, -0.05) is 0 Å². The lowest BCUT2D eigenvalue weighted by Gasteiger charge is -2.26. The Balaban J connectivity index is 1.30. The minimum absolute atomic E-state index is 0.171. The van der Waals surface area contributed by atoms with E-state index in [0.717, 1.165) is 28.4 Å². The molecule has 0 unspecified atom stereocenters. The highest BCUT2D eigenvalue weighted by atomic mass is 32.2. The zero-order valence-corrected chi connectivity index (χ0v) is 25.3. The van der Waals surface area contributed by atoms with Crippen LogP contribution in [0.1, 0.15) is 22.5 Å². The molecule has 43 heavy (non-hydrogen) atoms. The number of benzene rings is 3. The van der Waals surface area contributed by atoms with E-state index in [0.29, 0.717) is 54.6 Å². The highest BCUT2D eigenvalue weighted by Gasteiger charge is 2.33. The Morgan fingerprint density at radius 3 is 2.14 bits per heavy atom. The number of rotatable bonds is 7. The van der Waals surface area contributed by atoms with Crippen molar-refractivity contribution in [1.29, 1.82) is 0 Å². The van der Waals surface area contributed by atoms with Gasteiger partial charge in [-0.3, -0.25) is 4.79 Å². The van der Waals surface area contributed by atoms with E-state index in [1.54, 1.807) is 37.3 Å². The van der Waals surface area contributed by atoms with Crippen LogP contribution >= 0.6 is 0 Å². The molecule has 0 spiro atoms. The standard InChI is InChI=1S/C33H33N3O6S/c1-22-19-24(23(2)36(22)25-5-7-27(8-6-25)42-28-11-9-26(40-4)10-12-28)20-31-30-21-29(13-14-32(30)34(3)33(31)37)43(38,39)35-15-17-41-18-16-35/h5-14,19-21H,15-18H2,1-4H3. The monoisotopic (exact) mass is 599 g/mol. The maximum atomic E-state index is 13.4. The summed E-state index contributed by atoms with van der Waals surface area (Å²) in [7, 11) is -0.381. The smallest absolute Gasteiger partial charge is 0.258 e. The molecular weight excluding hydrogens is 566 g/mol. The van der Waals surface area contributed by atoms with Crippen molar-refractivity contribution < 1.29 is 27.4 Å². The minimum atomic E-state index is -3.71. The summed E-state index contributed by atoms with van der Waals surface area (Å²) in [6.07, 6.45) is 1.86. The Hall–Kier alpha value is -4.38. The van der Waals surface area contributed by atoms with Gasteiger partial charge in [0.25, 0.3) is 5.91 Å². The topological polar surface area (TPSA) is 90.3 Å². The number of hydrogen-bond donors (Lipinski definition) is 0. The minimum Gasteiger partial charge on any atom is -0.497 e. The van der Waals surface area contributed by atoms with Crippen LogP contribution in [0.5, 0.6) is 17.2 Å². The molecular formula is C33H33N3O6S. The number of fused-ring (bicyclic) bond motifs is 1. The van der Waals surface area contributed by atoms with Crippen molar-refractivity contribution in [2.45, 2.75) is 18.7 Å². The fourth-order valence-corrected chi connectivity index (χ4v) is 7.03. The van der Waals surface area contributed by atoms with Crippen molar-refractivity contribution in [3.63, 3.8) is 0 Å². The summed E-state index contributed by atoms with van der Waals surface area (Å²) in [5.41, 5.74) is 5.52. The van der Waals surface area contributed by atoms with Gasteiger partial charge in [-0.05, 0) is 98.3 Å². The molecule has 0 saturated carbocycles. The number of carbonyl (C=O) groups excluding carboxylic acids is 1. The maximum Gasteiger partial charge on any atom is 0.258 e.